The molecule has 8 nitrogen and oxygen atoms in total. The van der Waals surface area contributed by atoms with Crippen LogP contribution in [0, 0.1) is 0 Å². The van der Waals surface area contributed by atoms with Crippen LogP contribution in [0.1, 0.15) is 43.9 Å². The molecule has 0 unspecified atom stereocenters. The maximum atomic E-state index is 13.3. The smallest absolute Gasteiger partial charge is 0.417 e. The van der Waals surface area contributed by atoms with E-state index in [9.17, 15) is 9.59 Å². The number of hydrogen-bond donors (Lipinski definition) is 0. The minimum atomic E-state index is -1.12. The minimum absolute atomic E-state index is 0.000581. The molecule has 0 aromatic heterocycles. The summed E-state index contributed by atoms with van der Waals surface area (Å²) in [4.78, 5) is 27.5. The summed E-state index contributed by atoms with van der Waals surface area (Å²) in [5, 5.41) is 0. The first-order valence-corrected chi connectivity index (χ1v) is 14.4. The molecule has 222 valence electrons. The van der Waals surface area contributed by atoms with Gasteiger partial charge in [-0.1, -0.05) is 91.0 Å². The van der Waals surface area contributed by atoms with Crippen molar-refractivity contribution < 1.29 is 33.3 Å². The molecule has 2 aliphatic heterocycles. The van der Waals surface area contributed by atoms with Crippen LogP contribution in [0.4, 0.5) is 4.79 Å². The molecule has 0 saturated carbocycles. The average Bonchev–Trinajstić information content (AvgIpc) is 3.46. The van der Waals surface area contributed by atoms with E-state index < -0.39 is 35.6 Å². The number of benzene rings is 3. The largest absolute Gasteiger partial charge is 0.443 e. The first-order valence-electron chi connectivity index (χ1n) is 14.4. The Kier molecular flexibility index (Phi) is 9.38. The van der Waals surface area contributed by atoms with Crippen LogP contribution in [0.15, 0.2) is 91.0 Å². The topological polar surface area (TPSA) is 83.5 Å². The van der Waals surface area contributed by atoms with Crippen LogP contribution < -0.4 is 0 Å². The Labute approximate surface area is 247 Å². The van der Waals surface area contributed by atoms with E-state index in [1.165, 1.54) is 0 Å². The molecule has 2 heterocycles. The maximum absolute atomic E-state index is 13.3. The first kappa shape index (κ1) is 29.9. The summed E-state index contributed by atoms with van der Waals surface area (Å²) in [7, 11) is 0. The third-order valence-electron chi connectivity index (χ3n) is 7.31. The number of amides is 2. The Morgan fingerprint density at radius 2 is 1.36 bits per heavy atom. The van der Waals surface area contributed by atoms with Gasteiger partial charge in [-0.3, -0.25) is 4.79 Å². The molecule has 4 atom stereocenters. The fraction of sp³-hybridized carbons (Fsp3) is 0.412. The second-order valence-electron chi connectivity index (χ2n) is 11.8. The van der Waals surface area contributed by atoms with Crippen LogP contribution in [0.5, 0.6) is 0 Å². The Morgan fingerprint density at radius 1 is 0.833 bits per heavy atom. The summed E-state index contributed by atoms with van der Waals surface area (Å²) in [6.45, 7) is 6.56. The fourth-order valence-electron chi connectivity index (χ4n) is 5.41. The van der Waals surface area contributed by atoms with Crippen LogP contribution in [-0.2, 0) is 48.3 Å². The van der Waals surface area contributed by atoms with Gasteiger partial charge in [-0.2, -0.15) is 0 Å². The van der Waals surface area contributed by atoms with Crippen LogP contribution in [0.3, 0.4) is 0 Å². The number of likely N-dealkylation sites (tertiary alicyclic amines) is 1. The van der Waals surface area contributed by atoms with E-state index in [2.05, 4.69) is 0 Å². The van der Waals surface area contributed by atoms with Crippen molar-refractivity contribution in [1.29, 1.82) is 0 Å². The summed E-state index contributed by atoms with van der Waals surface area (Å²) >= 11 is 0. The van der Waals surface area contributed by atoms with E-state index >= 15 is 0 Å². The third kappa shape index (κ3) is 7.44. The van der Waals surface area contributed by atoms with Crippen molar-refractivity contribution in [1.82, 2.24) is 4.90 Å². The van der Waals surface area contributed by atoms with E-state index in [1.54, 1.807) is 20.8 Å². The van der Waals surface area contributed by atoms with Crippen LogP contribution in [0.2, 0.25) is 0 Å². The van der Waals surface area contributed by atoms with Crippen molar-refractivity contribution in [2.75, 3.05) is 13.2 Å². The lowest BCUT2D eigenvalue weighted by atomic mass is 9.93. The highest BCUT2D eigenvalue weighted by Crippen LogP contribution is 2.43. The summed E-state index contributed by atoms with van der Waals surface area (Å²) in [6, 6.07) is 29.6. The van der Waals surface area contributed by atoms with Crippen molar-refractivity contribution in [3.05, 3.63) is 108 Å². The Balaban J connectivity index is 1.41. The number of imide groups is 1. The van der Waals surface area contributed by atoms with Gasteiger partial charge in [0.2, 0.25) is 5.91 Å². The van der Waals surface area contributed by atoms with Crippen molar-refractivity contribution in [3.63, 3.8) is 0 Å². The number of rotatable bonds is 10. The quantitative estimate of drug-likeness (QED) is 0.309. The lowest BCUT2D eigenvalue weighted by Gasteiger charge is -2.31. The molecule has 0 aliphatic carbocycles. The van der Waals surface area contributed by atoms with Gasteiger partial charge in [0.15, 0.2) is 0 Å². The van der Waals surface area contributed by atoms with Crippen LogP contribution >= 0.6 is 0 Å². The minimum Gasteiger partial charge on any atom is -0.443 e. The average molecular weight is 574 g/mol. The monoisotopic (exact) mass is 573 g/mol. The van der Waals surface area contributed by atoms with E-state index in [0.29, 0.717) is 19.8 Å². The zero-order valence-electron chi connectivity index (χ0n) is 24.4. The highest BCUT2D eigenvalue weighted by atomic mass is 16.6. The molecule has 0 radical (unpaired) electrons. The van der Waals surface area contributed by atoms with Crippen molar-refractivity contribution in [3.8, 4) is 0 Å². The maximum Gasteiger partial charge on any atom is 0.417 e. The van der Waals surface area contributed by atoms with Gasteiger partial charge in [-0.05, 0) is 37.5 Å². The summed E-state index contributed by atoms with van der Waals surface area (Å²) < 4.78 is 31.4. The molecule has 0 N–H and O–H groups in total. The molecule has 1 spiro atoms. The Hall–Kier alpha value is -3.56. The normalized spacial score (nSPS) is 23.9. The molecule has 2 amide bonds. The number of hydrogen-bond acceptors (Lipinski definition) is 7. The lowest BCUT2D eigenvalue weighted by molar-refractivity contribution is -0.129. The molecule has 0 bridgehead atoms. The summed E-state index contributed by atoms with van der Waals surface area (Å²) in [5.74, 6) is -0.370. The van der Waals surface area contributed by atoms with Crippen LogP contribution in [-0.4, -0.2) is 59.6 Å². The molecule has 3 aromatic carbocycles. The van der Waals surface area contributed by atoms with Gasteiger partial charge in [0.1, 0.15) is 29.5 Å². The zero-order valence-corrected chi connectivity index (χ0v) is 24.4. The highest BCUT2D eigenvalue weighted by Gasteiger charge is 2.62. The van der Waals surface area contributed by atoms with Gasteiger partial charge in [-0.25, -0.2) is 9.69 Å². The predicted molar refractivity (Wildman–Crippen MR) is 156 cm³/mol. The highest BCUT2D eigenvalue weighted by molar-refractivity contribution is 5.95. The number of carbonyl (C=O) groups excluding carboxylic acids is 2. The van der Waals surface area contributed by atoms with Crippen molar-refractivity contribution in [2.24, 2.45) is 0 Å². The first-order chi connectivity index (χ1) is 20.2. The van der Waals surface area contributed by atoms with Gasteiger partial charge in [0.25, 0.3) is 0 Å². The molecule has 2 aliphatic rings. The molecule has 3 aromatic rings. The van der Waals surface area contributed by atoms with E-state index in [-0.39, 0.29) is 25.5 Å². The molecule has 2 fully saturated rings. The van der Waals surface area contributed by atoms with Crippen molar-refractivity contribution >= 4 is 12.0 Å². The van der Waals surface area contributed by atoms with Crippen LogP contribution in [0.25, 0.3) is 0 Å². The summed E-state index contributed by atoms with van der Waals surface area (Å²) in [5.41, 5.74) is 1.15. The molecule has 5 rings (SSSR count). The number of ether oxygens (including phenoxy) is 5. The van der Waals surface area contributed by atoms with Gasteiger partial charge < -0.3 is 23.7 Å². The predicted octanol–water partition coefficient (Wildman–Crippen LogP) is 5.68. The Bertz CT molecular complexity index is 1310. The van der Waals surface area contributed by atoms with E-state index in [1.807, 2.05) is 91.0 Å². The molecule has 42 heavy (non-hydrogen) atoms. The van der Waals surface area contributed by atoms with Gasteiger partial charge in [-0.15, -0.1) is 0 Å². The lowest BCUT2D eigenvalue weighted by Crippen LogP contribution is -2.48. The second kappa shape index (κ2) is 13.2. The number of carbonyl (C=O) groups is 2. The standard InChI is InChI=1S/C34H39NO7/c1-33(2,3)42-32(37)35-24-34(19-29(35)36)31(40-22-27-17-11-6-12-18-27)30(39-21-26-15-9-5-10-16-26)28(41-34)23-38-20-25-13-7-4-8-14-25/h4-18,28,30-31H,19-24H2,1-3H3/t28-,30-,31+,34+/m1/s1. The van der Waals surface area contributed by atoms with E-state index in [4.69, 9.17) is 23.7 Å². The van der Waals surface area contributed by atoms with Crippen molar-refractivity contribution in [2.45, 2.75) is 76.5 Å². The second-order valence-corrected chi connectivity index (χ2v) is 11.8. The Morgan fingerprint density at radius 3 is 1.90 bits per heavy atom. The molecular formula is C34H39NO7. The third-order valence-corrected chi connectivity index (χ3v) is 7.31. The zero-order chi connectivity index (χ0) is 29.6. The molecule has 2 saturated heterocycles. The number of nitrogens with zero attached hydrogens (tertiary/aromatic N) is 1. The van der Waals surface area contributed by atoms with Gasteiger partial charge >= 0.3 is 6.09 Å². The van der Waals surface area contributed by atoms with Gasteiger partial charge in [0, 0.05) is 0 Å². The van der Waals surface area contributed by atoms with Gasteiger partial charge in [0.05, 0.1) is 39.4 Å². The molecule has 8 heteroatoms. The SMILES string of the molecule is CC(C)(C)OC(=O)N1C[C@]2(CC1=O)O[C@H](COCc1ccccc1)[C@@H](OCc1ccccc1)[C@@H]2OCc1ccccc1. The molecular weight excluding hydrogens is 534 g/mol. The van der Waals surface area contributed by atoms with E-state index in [0.717, 1.165) is 21.6 Å². The fourth-order valence-corrected chi connectivity index (χ4v) is 5.41. The summed E-state index contributed by atoms with van der Waals surface area (Å²) in [6.07, 6.45) is -2.48.